The summed E-state index contributed by atoms with van der Waals surface area (Å²) in [4.78, 5) is 0. The molecule has 9 aromatic carbocycles. The van der Waals surface area contributed by atoms with Crippen LogP contribution in [0.15, 0.2) is 109 Å². The molecule has 0 heterocycles. The third-order valence-electron chi connectivity index (χ3n) is 9.19. The molecule has 9 aromatic rings. The molecule has 0 bridgehead atoms. The smallest absolute Gasteiger partial charge is 0.115 e. The van der Waals surface area contributed by atoms with Gasteiger partial charge in [-0.25, -0.2) is 0 Å². The second-order valence-corrected chi connectivity index (χ2v) is 11.4. The number of aliphatic hydroxyl groups is 2. The van der Waals surface area contributed by atoms with E-state index in [0.29, 0.717) is 11.1 Å². The van der Waals surface area contributed by atoms with Crippen molar-refractivity contribution in [3.63, 3.8) is 0 Å². The molecule has 0 amide bonds. The summed E-state index contributed by atoms with van der Waals surface area (Å²) >= 11 is 0. The Bertz CT molecular complexity index is 2280. The van der Waals surface area contributed by atoms with Crippen molar-refractivity contribution in [3.05, 3.63) is 131 Å². The van der Waals surface area contributed by atoms with Crippen LogP contribution in [0, 0.1) is 0 Å². The molecule has 0 radical (unpaired) electrons. The van der Waals surface area contributed by atoms with Crippen molar-refractivity contribution < 1.29 is 20.4 Å². The topological polar surface area (TPSA) is 80.9 Å². The van der Waals surface area contributed by atoms with E-state index < -0.39 is 12.2 Å². The number of hydrogen-bond donors (Lipinski definition) is 4. The Morgan fingerprint density at radius 3 is 1.12 bits per heavy atom. The fraction of sp³-hybridized carbons (Fsp3) is 0.0526. The van der Waals surface area contributed by atoms with Gasteiger partial charge >= 0.3 is 0 Å². The van der Waals surface area contributed by atoms with Crippen LogP contribution in [0.4, 0.5) is 0 Å². The van der Waals surface area contributed by atoms with Gasteiger partial charge in [0, 0.05) is 0 Å². The highest BCUT2D eigenvalue weighted by atomic mass is 16.3. The largest absolute Gasteiger partial charge is 0.508 e. The van der Waals surface area contributed by atoms with Gasteiger partial charge in [-0.3, -0.25) is 0 Å². The van der Waals surface area contributed by atoms with Crippen LogP contribution >= 0.6 is 0 Å². The first-order chi connectivity index (χ1) is 20.5. The van der Waals surface area contributed by atoms with Gasteiger partial charge in [-0.15, -0.1) is 0 Å². The van der Waals surface area contributed by atoms with Crippen LogP contribution in [0.2, 0.25) is 0 Å². The Morgan fingerprint density at radius 1 is 0.357 bits per heavy atom. The number of rotatable bonds is 4. The van der Waals surface area contributed by atoms with E-state index in [-0.39, 0.29) is 11.5 Å². The number of phenols is 2. The fourth-order valence-electron chi connectivity index (χ4n) is 7.26. The summed E-state index contributed by atoms with van der Waals surface area (Å²) in [5.74, 6) is 0.323. The summed E-state index contributed by atoms with van der Waals surface area (Å²) in [6, 6.07) is 34.7. The van der Waals surface area contributed by atoms with Gasteiger partial charge in [0.15, 0.2) is 0 Å². The lowest BCUT2D eigenvalue weighted by molar-refractivity contribution is 0.221. The number of phenolic OH excluding ortho intramolecular Hbond substituents is 2. The highest BCUT2D eigenvalue weighted by Crippen LogP contribution is 2.51. The van der Waals surface area contributed by atoms with E-state index in [2.05, 4.69) is 60.7 Å². The van der Waals surface area contributed by atoms with E-state index in [1.54, 1.807) is 48.5 Å². The Balaban J connectivity index is 1.45. The van der Waals surface area contributed by atoms with Gasteiger partial charge in [0.1, 0.15) is 23.7 Å². The normalized spacial score (nSPS) is 14.0. The Morgan fingerprint density at radius 2 is 0.690 bits per heavy atom. The standard InChI is InChI=1S/C38H24O4/c39-25-11-5-21(6-12-25)37(41)29-17-23-3-1-19-2-4-24-18-30(38(42)22-7-13-26(40)14-8-22)28-16-10-20-9-15-27(29)35-32(20)36(28)34(24)31(19)33(23)35/h1-18,37-42H. The monoisotopic (exact) mass is 544 g/mol. The predicted octanol–water partition coefficient (Wildman–Crippen LogP) is 8.49. The lowest BCUT2D eigenvalue weighted by Crippen LogP contribution is -2.04. The molecule has 0 fully saturated rings. The molecule has 0 saturated carbocycles. The molecule has 0 aliphatic rings. The molecule has 4 N–H and O–H groups in total. The SMILES string of the molecule is Oc1ccc(C(O)c2cc3ccc4ccc5cc(C(O)c6ccc(O)cc6)c6ccc7ccc2c2c3c4c5c6c72)cc1. The number of benzene rings is 9. The highest BCUT2D eigenvalue weighted by Gasteiger charge is 2.26. The fourth-order valence-corrected chi connectivity index (χ4v) is 7.26. The van der Waals surface area contributed by atoms with Gasteiger partial charge < -0.3 is 20.4 Å². The number of hydrogen-bond acceptors (Lipinski definition) is 4. The lowest BCUT2D eigenvalue weighted by Gasteiger charge is -2.25. The molecule has 0 saturated heterocycles. The van der Waals surface area contributed by atoms with Crippen molar-refractivity contribution in [3.8, 4) is 11.5 Å². The summed E-state index contributed by atoms with van der Waals surface area (Å²) < 4.78 is 0. The number of aliphatic hydroxyl groups excluding tert-OH is 2. The minimum absolute atomic E-state index is 0.162. The van der Waals surface area contributed by atoms with Gasteiger partial charge in [-0.1, -0.05) is 72.8 Å². The molecule has 0 aliphatic heterocycles. The van der Waals surface area contributed by atoms with Gasteiger partial charge in [0.05, 0.1) is 0 Å². The molecular weight excluding hydrogens is 520 g/mol. The van der Waals surface area contributed by atoms with Gasteiger partial charge in [-0.05, 0) is 123 Å². The molecule has 4 heteroatoms. The molecular formula is C38H24O4. The predicted molar refractivity (Wildman–Crippen MR) is 169 cm³/mol. The Hall–Kier alpha value is -5.16. The maximum atomic E-state index is 11.7. The van der Waals surface area contributed by atoms with Crippen LogP contribution in [0.1, 0.15) is 34.5 Å². The van der Waals surface area contributed by atoms with E-state index in [9.17, 15) is 20.4 Å². The van der Waals surface area contributed by atoms with E-state index in [0.717, 1.165) is 59.6 Å². The minimum Gasteiger partial charge on any atom is -0.508 e. The van der Waals surface area contributed by atoms with Crippen molar-refractivity contribution >= 4 is 64.6 Å². The first-order valence-electron chi connectivity index (χ1n) is 14.1. The maximum absolute atomic E-state index is 11.7. The zero-order valence-corrected chi connectivity index (χ0v) is 22.3. The molecule has 0 aromatic heterocycles. The van der Waals surface area contributed by atoms with Crippen molar-refractivity contribution in [2.45, 2.75) is 12.2 Å². The van der Waals surface area contributed by atoms with E-state index in [1.807, 2.05) is 0 Å². The molecule has 42 heavy (non-hydrogen) atoms. The minimum atomic E-state index is -0.873. The molecule has 4 nitrogen and oxygen atoms in total. The van der Waals surface area contributed by atoms with Crippen molar-refractivity contribution in [2.24, 2.45) is 0 Å². The van der Waals surface area contributed by atoms with Crippen molar-refractivity contribution in [1.29, 1.82) is 0 Å². The van der Waals surface area contributed by atoms with E-state index in [1.165, 1.54) is 16.2 Å². The van der Waals surface area contributed by atoms with Gasteiger partial charge in [0.25, 0.3) is 0 Å². The van der Waals surface area contributed by atoms with E-state index >= 15 is 0 Å². The molecule has 2 unspecified atom stereocenters. The van der Waals surface area contributed by atoms with Crippen LogP contribution in [-0.2, 0) is 0 Å². The van der Waals surface area contributed by atoms with Crippen LogP contribution in [-0.4, -0.2) is 20.4 Å². The first-order valence-corrected chi connectivity index (χ1v) is 14.1. The number of aromatic hydroxyl groups is 2. The average Bonchev–Trinajstić information content (AvgIpc) is 3.02. The quantitative estimate of drug-likeness (QED) is 0.132. The third-order valence-corrected chi connectivity index (χ3v) is 9.19. The van der Waals surface area contributed by atoms with Gasteiger partial charge in [0.2, 0.25) is 0 Å². The average molecular weight is 545 g/mol. The summed E-state index contributed by atoms with van der Waals surface area (Å²) in [7, 11) is 0. The zero-order valence-electron chi connectivity index (χ0n) is 22.3. The van der Waals surface area contributed by atoms with Crippen molar-refractivity contribution in [1.82, 2.24) is 0 Å². The Labute approximate surface area is 239 Å². The van der Waals surface area contributed by atoms with Crippen molar-refractivity contribution in [2.75, 3.05) is 0 Å². The maximum Gasteiger partial charge on any atom is 0.115 e. The van der Waals surface area contributed by atoms with Crippen LogP contribution in [0.5, 0.6) is 11.5 Å². The molecule has 200 valence electrons. The lowest BCUT2D eigenvalue weighted by atomic mass is 9.79. The van der Waals surface area contributed by atoms with Crippen LogP contribution in [0.3, 0.4) is 0 Å². The second kappa shape index (κ2) is 8.20. The molecule has 2 atom stereocenters. The molecule has 0 aliphatic carbocycles. The van der Waals surface area contributed by atoms with Crippen LogP contribution in [0.25, 0.3) is 64.6 Å². The molecule has 9 rings (SSSR count). The van der Waals surface area contributed by atoms with Crippen LogP contribution < -0.4 is 0 Å². The van der Waals surface area contributed by atoms with Gasteiger partial charge in [-0.2, -0.15) is 0 Å². The summed E-state index contributed by atoms with van der Waals surface area (Å²) in [6.07, 6.45) is -1.75. The summed E-state index contributed by atoms with van der Waals surface area (Å²) in [6.45, 7) is 0. The summed E-state index contributed by atoms with van der Waals surface area (Å²) in [5, 5.41) is 56.3. The molecule has 0 spiro atoms. The third kappa shape index (κ3) is 3.03. The first kappa shape index (κ1) is 23.5. The zero-order chi connectivity index (χ0) is 28.3. The Kier molecular flexibility index (Phi) is 4.59. The highest BCUT2D eigenvalue weighted by molar-refractivity contribution is 6.45. The second-order valence-electron chi connectivity index (χ2n) is 11.4. The van der Waals surface area contributed by atoms with E-state index in [4.69, 9.17) is 0 Å². The summed E-state index contributed by atoms with van der Waals surface area (Å²) in [5.41, 5.74) is 3.06.